The van der Waals surface area contributed by atoms with Crippen molar-refractivity contribution < 1.29 is 14.3 Å². The number of anilines is 1. The molecule has 2 amide bonds. The van der Waals surface area contributed by atoms with Gasteiger partial charge >= 0.3 is 6.09 Å². The maximum atomic E-state index is 12.0. The van der Waals surface area contributed by atoms with E-state index in [1.807, 2.05) is 20.8 Å². The first-order chi connectivity index (χ1) is 9.24. The second-order valence-electron chi connectivity index (χ2n) is 5.72. The largest absolute Gasteiger partial charge is 0.444 e. The Morgan fingerprint density at radius 2 is 2.10 bits per heavy atom. The molecule has 1 N–H and O–H groups in total. The molecular weight excluding hydrogens is 278 g/mol. The van der Waals surface area contributed by atoms with Crippen LogP contribution in [0.15, 0.2) is 0 Å². The number of rotatable bonds is 1. The lowest BCUT2D eigenvalue weighted by Gasteiger charge is -2.29. The summed E-state index contributed by atoms with van der Waals surface area (Å²) in [7, 11) is 0. The summed E-state index contributed by atoms with van der Waals surface area (Å²) in [6.07, 6.45) is 0.420. The monoisotopic (exact) mass is 297 g/mol. The Bertz CT molecular complexity index is 533. The molecular formula is C13H19N3O3S. The van der Waals surface area contributed by atoms with Gasteiger partial charge in [0.05, 0.1) is 12.2 Å². The Kier molecular flexibility index (Phi) is 3.99. The third-order valence-corrected chi connectivity index (χ3v) is 3.74. The molecule has 0 fully saturated rings. The summed E-state index contributed by atoms with van der Waals surface area (Å²) in [6, 6.07) is 0. The highest BCUT2D eigenvalue weighted by Crippen LogP contribution is 2.28. The average Bonchev–Trinajstić information content (AvgIpc) is 2.66. The van der Waals surface area contributed by atoms with Crippen LogP contribution in [0, 0.1) is 0 Å². The minimum atomic E-state index is -0.499. The van der Waals surface area contributed by atoms with E-state index in [0.717, 1.165) is 17.0 Å². The maximum absolute atomic E-state index is 12.0. The van der Waals surface area contributed by atoms with E-state index in [4.69, 9.17) is 4.74 Å². The summed E-state index contributed by atoms with van der Waals surface area (Å²) in [4.78, 5) is 30.2. The molecule has 110 valence electrons. The lowest BCUT2D eigenvalue weighted by Crippen LogP contribution is -2.39. The molecule has 1 aliphatic heterocycles. The minimum absolute atomic E-state index is 0.139. The van der Waals surface area contributed by atoms with Gasteiger partial charge in [-0.05, 0) is 20.8 Å². The Labute approximate surface area is 122 Å². The molecule has 0 unspecified atom stereocenters. The van der Waals surface area contributed by atoms with Crippen molar-refractivity contribution in [2.75, 3.05) is 11.9 Å². The molecule has 0 spiro atoms. The van der Waals surface area contributed by atoms with Crippen LogP contribution in [0.3, 0.4) is 0 Å². The van der Waals surface area contributed by atoms with Gasteiger partial charge in [0.2, 0.25) is 5.91 Å². The van der Waals surface area contributed by atoms with Gasteiger partial charge in [0.25, 0.3) is 0 Å². The van der Waals surface area contributed by atoms with Crippen LogP contribution < -0.4 is 5.32 Å². The van der Waals surface area contributed by atoms with Crippen LogP contribution in [0.2, 0.25) is 0 Å². The summed E-state index contributed by atoms with van der Waals surface area (Å²) in [5.74, 6) is -0.139. The SMILES string of the molecule is CC(=O)Nc1nc2c(s1)CCN(C(=O)OC(C)(C)C)C2. The predicted octanol–water partition coefficient (Wildman–Crippen LogP) is 2.39. The first kappa shape index (κ1) is 14.8. The Morgan fingerprint density at radius 3 is 2.70 bits per heavy atom. The average molecular weight is 297 g/mol. The van der Waals surface area contributed by atoms with Crippen LogP contribution in [-0.4, -0.2) is 34.0 Å². The molecule has 6 nitrogen and oxygen atoms in total. The van der Waals surface area contributed by atoms with Crippen molar-refractivity contribution in [3.8, 4) is 0 Å². The molecule has 0 atom stereocenters. The number of nitrogens with zero attached hydrogens (tertiary/aromatic N) is 2. The first-order valence-electron chi connectivity index (χ1n) is 6.49. The molecule has 0 saturated heterocycles. The number of ether oxygens (including phenoxy) is 1. The Balaban J connectivity index is 2.05. The van der Waals surface area contributed by atoms with Gasteiger partial charge in [-0.2, -0.15) is 0 Å². The maximum Gasteiger partial charge on any atom is 0.410 e. The smallest absolute Gasteiger partial charge is 0.410 e. The molecule has 0 radical (unpaired) electrons. The van der Waals surface area contributed by atoms with E-state index in [1.54, 1.807) is 4.90 Å². The quantitative estimate of drug-likeness (QED) is 0.864. The van der Waals surface area contributed by atoms with Crippen molar-refractivity contribution >= 4 is 28.5 Å². The lowest BCUT2D eigenvalue weighted by molar-refractivity contribution is -0.114. The fraction of sp³-hybridized carbons (Fsp3) is 0.615. The molecule has 0 aliphatic carbocycles. The number of thiazole rings is 1. The van der Waals surface area contributed by atoms with E-state index in [9.17, 15) is 9.59 Å². The molecule has 0 aromatic carbocycles. The van der Waals surface area contributed by atoms with Crippen molar-refractivity contribution in [3.05, 3.63) is 10.6 Å². The van der Waals surface area contributed by atoms with Crippen LogP contribution >= 0.6 is 11.3 Å². The molecule has 0 bridgehead atoms. The van der Waals surface area contributed by atoms with E-state index >= 15 is 0 Å². The highest BCUT2D eigenvalue weighted by atomic mass is 32.1. The summed E-state index contributed by atoms with van der Waals surface area (Å²) in [5.41, 5.74) is 0.344. The van der Waals surface area contributed by atoms with Gasteiger partial charge in [-0.3, -0.25) is 4.79 Å². The van der Waals surface area contributed by atoms with Gasteiger partial charge in [0.1, 0.15) is 5.60 Å². The standard InChI is InChI=1S/C13H19N3O3S/c1-8(17)14-11-15-9-7-16(6-5-10(9)20-11)12(18)19-13(2,3)4/h5-7H2,1-4H3,(H,14,15,17). The van der Waals surface area contributed by atoms with Crippen molar-refractivity contribution in [3.63, 3.8) is 0 Å². The van der Waals surface area contributed by atoms with Crippen LogP contribution in [0.25, 0.3) is 0 Å². The number of nitrogens with one attached hydrogen (secondary N) is 1. The van der Waals surface area contributed by atoms with E-state index < -0.39 is 5.60 Å². The van der Waals surface area contributed by atoms with Gasteiger partial charge in [-0.15, -0.1) is 11.3 Å². The summed E-state index contributed by atoms with van der Waals surface area (Å²) >= 11 is 1.47. The first-order valence-corrected chi connectivity index (χ1v) is 7.30. The van der Waals surface area contributed by atoms with E-state index in [1.165, 1.54) is 18.3 Å². The summed E-state index contributed by atoms with van der Waals surface area (Å²) < 4.78 is 5.36. The van der Waals surface area contributed by atoms with Crippen LogP contribution in [0.4, 0.5) is 9.93 Å². The number of carbonyl (C=O) groups is 2. The lowest BCUT2D eigenvalue weighted by atomic mass is 10.2. The minimum Gasteiger partial charge on any atom is -0.444 e. The molecule has 20 heavy (non-hydrogen) atoms. The highest BCUT2D eigenvalue weighted by Gasteiger charge is 2.27. The second kappa shape index (κ2) is 5.40. The number of carbonyl (C=O) groups excluding carboxylic acids is 2. The number of aromatic nitrogens is 1. The summed E-state index contributed by atoms with van der Waals surface area (Å²) in [6.45, 7) is 8.03. The fourth-order valence-corrected chi connectivity index (χ4v) is 2.89. The zero-order valence-corrected chi connectivity index (χ0v) is 13.0. The third-order valence-electron chi connectivity index (χ3n) is 2.66. The van der Waals surface area contributed by atoms with Crippen LogP contribution in [-0.2, 0) is 22.5 Å². The number of fused-ring (bicyclic) bond motifs is 1. The van der Waals surface area contributed by atoms with E-state index in [0.29, 0.717) is 18.2 Å². The van der Waals surface area contributed by atoms with E-state index in [2.05, 4.69) is 10.3 Å². The Hall–Kier alpha value is -1.63. The van der Waals surface area contributed by atoms with E-state index in [-0.39, 0.29) is 12.0 Å². The van der Waals surface area contributed by atoms with Crippen molar-refractivity contribution in [1.82, 2.24) is 9.88 Å². The molecule has 2 heterocycles. The van der Waals surface area contributed by atoms with Crippen LogP contribution in [0.5, 0.6) is 0 Å². The molecule has 7 heteroatoms. The molecule has 1 aromatic heterocycles. The van der Waals surface area contributed by atoms with Gasteiger partial charge < -0.3 is 15.0 Å². The molecule has 1 aromatic rings. The molecule has 2 rings (SSSR count). The highest BCUT2D eigenvalue weighted by molar-refractivity contribution is 7.15. The third kappa shape index (κ3) is 3.69. The van der Waals surface area contributed by atoms with Gasteiger partial charge in [0.15, 0.2) is 5.13 Å². The van der Waals surface area contributed by atoms with Crippen molar-refractivity contribution in [1.29, 1.82) is 0 Å². The van der Waals surface area contributed by atoms with Crippen molar-refractivity contribution in [2.45, 2.75) is 46.3 Å². The normalized spacial score (nSPS) is 14.7. The number of hydrogen-bond donors (Lipinski definition) is 1. The number of hydrogen-bond acceptors (Lipinski definition) is 5. The topological polar surface area (TPSA) is 71.5 Å². The zero-order valence-electron chi connectivity index (χ0n) is 12.1. The summed E-state index contributed by atoms with van der Waals surface area (Å²) in [5, 5.41) is 3.27. The van der Waals surface area contributed by atoms with Crippen LogP contribution in [0.1, 0.15) is 38.3 Å². The fourth-order valence-electron chi connectivity index (χ4n) is 1.88. The zero-order chi connectivity index (χ0) is 14.9. The van der Waals surface area contributed by atoms with Gasteiger partial charge in [-0.1, -0.05) is 0 Å². The van der Waals surface area contributed by atoms with Crippen molar-refractivity contribution in [2.24, 2.45) is 0 Å². The van der Waals surface area contributed by atoms with Gasteiger partial charge in [-0.25, -0.2) is 9.78 Å². The molecule has 1 aliphatic rings. The molecule has 0 saturated carbocycles. The number of amides is 2. The predicted molar refractivity (Wildman–Crippen MR) is 76.8 cm³/mol. The second-order valence-corrected chi connectivity index (χ2v) is 6.81. The Morgan fingerprint density at radius 1 is 1.40 bits per heavy atom. The van der Waals surface area contributed by atoms with Gasteiger partial charge in [0, 0.05) is 24.8 Å².